The minimum absolute atomic E-state index is 0.00652. The first-order valence-electron chi connectivity index (χ1n) is 10.5. The zero-order chi connectivity index (χ0) is 28.4. The molecule has 0 aliphatic carbocycles. The zero-order valence-electron chi connectivity index (χ0n) is 19.9. The van der Waals surface area contributed by atoms with Crippen LogP contribution in [-0.2, 0) is 0 Å². The lowest BCUT2D eigenvalue weighted by Crippen LogP contribution is -2.45. The molecule has 0 aliphatic rings. The van der Waals surface area contributed by atoms with E-state index in [1.807, 2.05) is 6.07 Å². The first kappa shape index (κ1) is 29.7. The molecule has 0 aliphatic heterocycles. The summed E-state index contributed by atoms with van der Waals surface area (Å²) in [6.45, 7) is 5.35. The molecule has 1 amide bonds. The summed E-state index contributed by atoms with van der Waals surface area (Å²) in [7, 11) is 0. The third-order valence-electron chi connectivity index (χ3n) is 4.76. The second-order valence-electron chi connectivity index (χ2n) is 8.51. The largest absolute Gasteiger partial charge is 0.465 e. The average molecular weight is 661 g/mol. The Hall–Kier alpha value is -2.82. The van der Waals surface area contributed by atoms with Crippen molar-refractivity contribution in [3.05, 3.63) is 66.7 Å². The molecule has 0 unspecified atom stereocenters. The van der Waals surface area contributed by atoms with Gasteiger partial charge in [0.05, 0.1) is 19.5 Å². The highest BCUT2D eigenvalue weighted by Gasteiger charge is 2.31. The topological polar surface area (TPSA) is 116 Å². The maximum Gasteiger partial charge on any atom is 0.414 e. The van der Waals surface area contributed by atoms with Gasteiger partial charge in [0.25, 0.3) is 0 Å². The van der Waals surface area contributed by atoms with Crippen molar-refractivity contribution >= 4 is 78.2 Å². The number of hydrogen-bond donors (Lipinski definition) is 2. The molecular weight excluding hydrogens is 643 g/mol. The Morgan fingerprint density at radius 2 is 1.58 bits per heavy atom. The number of nitrogens with two attached hydrogens (primary N) is 1. The normalized spacial score (nSPS) is 10.9. The summed E-state index contributed by atoms with van der Waals surface area (Å²) in [5.41, 5.74) is 7.02. The van der Waals surface area contributed by atoms with E-state index >= 15 is 0 Å². The number of nitrogen functional groups attached to an aromatic ring is 1. The van der Waals surface area contributed by atoms with Gasteiger partial charge < -0.3 is 10.8 Å². The third kappa shape index (κ3) is 6.78. The number of aromatic nitrogens is 2. The molecule has 0 saturated carbocycles. The predicted octanol–water partition coefficient (Wildman–Crippen LogP) is 8.70. The fourth-order valence-corrected chi connectivity index (χ4v) is 5.88. The molecule has 2 aromatic carbocycles. The number of carboxylic acid groups (broad SMARTS) is 1. The summed E-state index contributed by atoms with van der Waals surface area (Å²) in [6.07, 6.45) is -1.09. The van der Waals surface area contributed by atoms with E-state index in [-0.39, 0.29) is 10.0 Å². The van der Waals surface area contributed by atoms with E-state index in [1.54, 1.807) is 26.8 Å². The number of nitrogens with zero attached hydrogens (tertiary/aromatic N) is 4. The van der Waals surface area contributed by atoms with Crippen molar-refractivity contribution in [1.82, 2.24) is 9.97 Å². The summed E-state index contributed by atoms with van der Waals surface area (Å²) in [4.78, 5) is 21.5. The van der Waals surface area contributed by atoms with Crippen molar-refractivity contribution in [3.8, 4) is 28.6 Å². The Morgan fingerprint density at radius 3 is 2.03 bits per heavy atom. The minimum Gasteiger partial charge on any atom is -0.465 e. The molecule has 0 saturated heterocycles. The van der Waals surface area contributed by atoms with Crippen molar-refractivity contribution in [2.24, 2.45) is 0 Å². The van der Waals surface area contributed by atoms with Gasteiger partial charge in [0, 0.05) is 16.7 Å². The van der Waals surface area contributed by atoms with E-state index in [2.05, 4.69) is 25.9 Å². The van der Waals surface area contributed by atoms with Crippen LogP contribution in [0.5, 0.6) is 0 Å². The zero-order valence-corrected chi connectivity index (χ0v) is 24.6. The van der Waals surface area contributed by atoms with Crippen molar-refractivity contribution < 1.29 is 18.7 Å². The Labute approximate surface area is 243 Å². The van der Waals surface area contributed by atoms with Gasteiger partial charge in [-0.3, -0.25) is 0 Å². The molecule has 0 bridgehead atoms. The van der Waals surface area contributed by atoms with Crippen molar-refractivity contribution in [3.63, 3.8) is 0 Å². The molecule has 7 nitrogen and oxygen atoms in total. The van der Waals surface area contributed by atoms with Gasteiger partial charge in [-0.2, -0.15) is 5.26 Å². The number of carbonyl (C=O) groups is 1. The van der Waals surface area contributed by atoms with E-state index in [9.17, 15) is 18.7 Å². The quantitative estimate of drug-likeness (QED) is 0.227. The molecule has 0 atom stereocenters. The van der Waals surface area contributed by atoms with Crippen LogP contribution in [0, 0.1) is 23.0 Å². The number of amides is 1. The molecule has 38 heavy (non-hydrogen) atoms. The number of thiazole rings is 2. The molecule has 0 radical (unpaired) electrons. The molecule has 4 aromatic rings. The highest BCUT2D eigenvalue weighted by Crippen LogP contribution is 2.40. The van der Waals surface area contributed by atoms with Gasteiger partial charge in [0.15, 0.2) is 10.3 Å². The van der Waals surface area contributed by atoms with Crippen LogP contribution in [0.15, 0.2) is 40.2 Å². The van der Waals surface area contributed by atoms with Crippen molar-refractivity contribution in [2.75, 3.05) is 10.6 Å². The minimum atomic E-state index is -1.09. The van der Waals surface area contributed by atoms with Gasteiger partial charge in [0.1, 0.15) is 28.3 Å². The fraction of sp³-hybridized carbons (Fsp3) is 0.167. The summed E-state index contributed by atoms with van der Waals surface area (Å²) in [6, 6.07) is 10.4. The van der Waals surface area contributed by atoms with Crippen LogP contribution in [0.25, 0.3) is 22.5 Å². The second kappa shape index (κ2) is 11.9. The Morgan fingerprint density at radius 1 is 1.05 bits per heavy atom. The van der Waals surface area contributed by atoms with E-state index in [0.29, 0.717) is 41.4 Å². The Balaban J connectivity index is 0.000000221. The molecule has 3 N–H and O–H groups in total. The van der Waals surface area contributed by atoms with Crippen LogP contribution < -0.4 is 10.6 Å². The van der Waals surface area contributed by atoms with Gasteiger partial charge in [-0.25, -0.2) is 28.4 Å². The van der Waals surface area contributed by atoms with Crippen LogP contribution in [0.1, 0.15) is 25.6 Å². The summed E-state index contributed by atoms with van der Waals surface area (Å²) < 4.78 is 26.9. The maximum atomic E-state index is 13.3. The number of benzene rings is 2. The molecule has 2 aromatic heterocycles. The van der Waals surface area contributed by atoms with E-state index in [4.69, 9.17) is 34.2 Å². The maximum absolute atomic E-state index is 13.3. The lowest BCUT2D eigenvalue weighted by atomic mass is 10.1. The van der Waals surface area contributed by atoms with Crippen LogP contribution in [-0.4, -0.2) is 26.7 Å². The highest BCUT2D eigenvalue weighted by atomic mass is 79.9. The molecule has 4 rings (SSSR count). The van der Waals surface area contributed by atoms with E-state index < -0.39 is 23.3 Å². The molecule has 198 valence electrons. The van der Waals surface area contributed by atoms with Gasteiger partial charge in [0.2, 0.25) is 0 Å². The first-order valence-corrected chi connectivity index (χ1v) is 13.7. The number of rotatable bonds is 3. The highest BCUT2D eigenvalue weighted by molar-refractivity contribution is 9.11. The lowest BCUT2D eigenvalue weighted by molar-refractivity contribution is 0.195. The smallest absolute Gasteiger partial charge is 0.414 e. The summed E-state index contributed by atoms with van der Waals surface area (Å²) in [5.74, 6) is -1.02. The van der Waals surface area contributed by atoms with Crippen molar-refractivity contribution in [2.45, 2.75) is 26.3 Å². The average Bonchev–Trinajstić information content (AvgIpc) is 3.38. The first-order chi connectivity index (χ1) is 17.7. The van der Waals surface area contributed by atoms with E-state index in [0.717, 1.165) is 11.3 Å². The number of hydrogen-bond acceptors (Lipinski definition) is 7. The van der Waals surface area contributed by atoms with Gasteiger partial charge in [-0.05, 0) is 73.1 Å². The monoisotopic (exact) mass is 659 g/mol. The molecular formula is C24H18BrCl2F2N5O2S2. The van der Waals surface area contributed by atoms with Gasteiger partial charge in [-0.1, -0.05) is 45.9 Å². The molecule has 14 heteroatoms. The Bertz CT molecular complexity index is 1550. The SMILES string of the molecule is CC(C)(C)N(C(=O)O)c1nc(-c2ccc(F)c(Cl)c2)c(Br)s1.N#Cc1sc(N)nc1-c1ccc(F)c(Cl)c1. The second-order valence-corrected chi connectivity index (χ2v) is 12.6. The summed E-state index contributed by atoms with van der Waals surface area (Å²) in [5, 5.41) is 18.9. The van der Waals surface area contributed by atoms with Crippen LogP contribution >= 0.6 is 61.8 Å². The lowest BCUT2D eigenvalue weighted by Gasteiger charge is -2.30. The molecule has 0 spiro atoms. The molecule has 2 heterocycles. The van der Waals surface area contributed by atoms with Crippen molar-refractivity contribution in [1.29, 1.82) is 5.26 Å². The van der Waals surface area contributed by atoms with Gasteiger partial charge >= 0.3 is 6.09 Å². The van der Waals surface area contributed by atoms with Crippen LogP contribution in [0.3, 0.4) is 0 Å². The third-order valence-corrected chi connectivity index (χ3v) is 7.82. The van der Waals surface area contributed by atoms with E-state index in [1.165, 1.54) is 46.6 Å². The molecule has 0 fully saturated rings. The number of nitriles is 1. The fourth-order valence-electron chi connectivity index (χ4n) is 3.12. The standard InChI is InChI=1S/C14H13BrClFN2O2S.C10H5ClFN3S/c1-14(2,3)19(13(20)21)12-18-10(11(15)22-12)7-4-5-9(17)8(16)6-7;11-6-3-5(1-2-7(6)12)9-8(4-13)16-10(14)15-9/h4-6H,1-3H3,(H,20,21);1-3H,(H2,14,15). The summed E-state index contributed by atoms with van der Waals surface area (Å²) >= 11 is 17.1. The number of anilines is 2. The van der Waals surface area contributed by atoms with Crippen LogP contribution in [0.4, 0.5) is 23.8 Å². The Kier molecular flexibility index (Phi) is 9.33. The predicted molar refractivity (Wildman–Crippen MR) is 152 cm³/mol. The van der Waals surface area contributed by atoms with Crippen LogP contribution in [0.2, 0.25) is 10.0 Å². The van der Waals surface area contributed by atoms with Gasteiger partial charge in [-0.15, -0.1) is 0 Å². The number of halogens is 5.